The van der Waals surface area contributed by atoms with Crippen molar-refractivity contribution in [1.29, 1.82) is 0 Å². The van der Waals surface area contributed by atoms with Gasteiger partial charge in [-0.1, -0.05) is 18.2 Å². The SMILES string of the molecule is [c]1cccc2c1N(c1ncccn1)CCC2. The fourth-order valence-electron chi connectivity index (χ4n) is 2.09. The molecular formula is C13H12N3. The van der Waals surface area contributed by atoms with Crippen molar-refractivity contribution >= 4 is 11.6 Å². The normalized spacial score (nSPS) is 14.6. The minimum absolute atomic E-state index is 0.769. The molecule has 1 aliphatic heterocycles. The molecule has 0 spiro atoms. The Labute approximate surface area is 94.8 Å². The molecule has 2 heterocycles. The Bertz CT molecular complexity index is 482. The zero-order valence-corrected chi connectivity index (χ0v) is 8.93. The summed E-state index contributed by atoms with van der Waals surface area (Å²) < 4.78 is 0. The Morgan fingerprint density at radius 2 is 2.06 bits per heavy atom. The number of fused-ring (bicyclic) bond motifs is 1. The van der Waals surface area contributed by atoms with Crippen molar-refractivity contribution in [3.63, 3.8) is 0 Å². The number of benzene rings is 1. The number of para-hydroxylation sites is 1. The smallest absolute Gasteiger partial charge is 0.229 e. The average Bonchev–Trinajstić information content (AvgIpc) is 2.39. The summed E-state index contributed by atoms with van der Waals surface area (Å²) in [5, 5.41) is 0. The molecule has 1 aromatic carbocycles. The second kappa shape index (κ2) is 3.93. The second-order valence-electron chi connectivity index (χ2n) is 3.85. The predicted octanol–water partition coefficient (Wildman–Crippen LogP) is 2.36. The van der Waals surface area contributed by atoms with E-state index >= 15 is 0 Å². The van der Waals surface area contributed by atoms with E-state index in [4.69, 9.17) is 0 Å². The molecule has 1 radical (unpaired) electrons. The molecule has 16 heavy (non-hydrogen) atoms. The zero-order valence-electron chi connectivity index (χ0n) is 8.93. The first-order chi connectivity index (χ1) is 7.95. The number of nitrogens with zero attached hydrogens (tertiary/aromatic N) is 3. The molecular weight excluding hydrogens is 198 g/mol. The lowest BCUT2D eigenvalue weighted by Crippen LogP contribution is -2.26. The van der Waals surface area contributed by atoms with E-state index in [-0.39, 0.29) is 0 Å². The molecule has 0 amide bonds. The third kappa shape index (κ3) is 1.54. The second-order valence-corrected chi connectivity index (χ2v) is 3.85. The van der Waals surface area contributed by atoms with Gasteiger partial charge >= 0.3 is 0 Å². The summed E-state index contributed by atoms with van der Waals surface area (Å²) in [6, 6.07) is 11.3. The van der Waals surface area contributed by atoms with Gasteiger partial charge in [0.05, 0.1) is 5.69 Å². The van der Waals surface area contributed by atoms with Crippen molar-refractivity contribution < 1.29 is 0 Å². The van der Waals surface area contributed by atoms with Crippen LogP contribution in [-0.4, -0.2) is 16.5 Å². The van der Waals surface area contributed by atoms with E-state index in [1.54, 1.807) is 12.4 Å². The number of hydrogen-bond acceptors (Lipinski definition) is 3. The highest BCUT2D eigenvalue weighted by atomic mass is 15.3. The first kappa shape index (κ1) is 9.33. The molecule has 1 aliphatic rings. The highest BCUT2D eigenvalue weighted by Crippen LogP contribution is 2.30. The Morgan fingerprint density at radius 3 is 2.94 bits per heavy atom. The van der Waals surface area contributed by atoms with Crippen LogP contribution in [0.2, 0.25) is 0 Å². The van der Waals surface area contributed by atoms with E-state index in [2.05, 4.69) is 27.0 Å². The van der Waals surface area contributed by atoms with E-state index in [0.29, 0.717) is 0 Å². The summed E-state index contributed by atoms with van der Waals surface area (Å²) in [5.41, 5.74) is 2.46. The van der Waals surface area contributed by atoms with Crippen LogP contribution >= 0.6 is 0 Å². The molecule has 0 unspecified atom stereocenters. The topological polar surface area (TPSA) is 29.0 Å². The van der Waals surface area contributed by atoms with Crippen LogP contribution in [0.15, 0.2) is 36.7 Å². The largest absolute Gasteiger partial charge is 0.310 e. The van der Waals surface area contributed by atoms with Crippen LogP contribution in [0.5, 0.6) is 0 Å². The first-order valence-electron chi connectivity index (χ1n) is 5.49. The van der Waals surface area contributed by atoms with E-state index in [0.717, 1.165) is 31.0 Å². The Balaban J connectivity index is 2.05. The Hall–Kier alpha value is -1.90. The van der Waals surface area contributed by atoms with Gasteiger partial charge in [-0.05, 0) is 24.5 Å². The standard InChI is InChI=1S/C13H12N3/c1-2-7-12-11(5-1)6-3-10-16(12)13-14-8-4-9-15-13/h1-2,4-5,8-9H,3,6,10H2. The molecule has 0 saturated heterocycles. The molecule has 1 aromatic heterocycles. The summed E-state index contributed by atoms with van der Waals surface area (Å²) in [6.45, 7) is 0.970. The molecule has 3 nitrogen and oxygen atoms in total. The Kier molecular flexibility index (Phi) is 2.29. The van der Waals surface area contributed by atoms with Crippen molar-refractivity contribution in [2.75, 3.05) is 11.4 Å². The van der Waals surface area contributed by atoms with Crippen molar-refractivity contribution in [3.05, 3.63) is 48.3 Å². The fourth-order valence-corrected chi connectivity index (χ4v) is 2.09. The van der Waals surface area contributed by atoms with Gasteiger partial charge in [0.15, 0.2) is 0 Å². The van der Waals surface area contributed by atoms with Crippen LogP contribution in [-0.2, 0) is 6.42 Å². The number of rotatable bonds is 1. The maximum atomic E-state index is 4.30. The molecule has 2 aromatic rings. The third-order valence-corrected chi connectivity index (χ3v) is 2.81. The average molecular weight is 210 g/mol. The Morgan fingerprint density at radius 1 is 1.19 bits per heavy atom. The maximum absolute atomic E-state index is 4.30. The number of aryl methyl sites for hydroxylation is 1. The summed E-state index contributed by atoms with van der Waals surface area (Å²) in [6.07, 6.45) is 5.82. The number of anilines is 2. The van der Waals surface area contributed by atoms with Gasteiger partial charge in [-0.15, -0.1) is 0 Å². The van der Waals surface area contributed by atoms with E-state index < -0.39 is 0 Å². The first-order valence-corrected chi connectivity index (χ1v) is 5.49. The van der Waals surface area contributed by atoms with Gasteiger partial charge in [-0.25, -0.2) is 9.97 Å². The molecule has 0 N–H and O–H groups in total. The van der Waals surface area contributed by atoms with Gasteiger partial charge in [-0.3, -0.25) is 0 Å². The summed E-state index contributed by atoms with van der Waals surface area (Å²) in [5.74, 6) is 0.769. The molecule has 3 heteroatoms. The fraction of sp³-hybridized carbons (Fsp3) is 0.231. The van der Waals surface area contributed by atoms with Crippen molar-refractivity contribution in [2.24, 2.45) is 0 Å². The van der Waals surface area contributed by atoms with Gasteiger partial charge in [0, 0.05) is 25.0 Å². The van der Waals surface area contributed by atoms with E-state index in [1.807, 2.05) is 18.2 Å². The summed E-state index contributed by atoms with van der Waals surface area (Å²) in [7, 11) is 0. The van der Waals surface area contributed by atoms with E-state index in [9.17, 15) is 0 Å². The summed E-state index contributed by atoms with van der Waals surface area (Å²) in [4.78, 5) is 10.7. The maximum Gasteiger partial charge on any atom is 0.229 e. The van der Waals surface area contributed by atoms with Crippen molar-refractivity contribution in [1.82, 2.24) is 9.97 Å². The van der Waals surface area contributed by atoms with Gasteiger partial charge in [0.1, 0.15) is 0 Å². The van der Waals surface area contributed by atoms with Crippen molar-refractivity contribution in [2.45, 2.75) is 12.8 Å². The quantitative estimate of drug-likeness (QED) is 0.723. The monoisotopic (exact) mass is 210 g/mol. The van der Waals surface area contributed by atoms with E-state index in [1.165, 1.54) is 5.56 Å². The van der Waals surface area contributed by atoms with Gasteiger partial charge in [-0.2, -0.15) is 0 Å². The molecule has 3 rings (SSSR count). The van der Waals surface area contributed by atoms with Gasteiger partial charge in [0.2, 0.25) is 5.95 Å². The van der Waals surface area contributed by atoms with Crippen LogP contribution in [0.1, 0.15) is 12.0 Å². The lowest BCUT2D eigenvalue weighted by atomic mass is 10.0. The zero-order chi connectivity index (χ0) is 10.8. The molecule has 0 atom stereocenters. The molecule has 0 saturated carbocycles. The lowest BCUT2D eigenvalue weighted by molar-refractivity contribution is 0.749. The van der Waals surface area contributed by atoms with Gasteiger partial charge < -0.3 is 4.90 Å². The molecule has 79 valence electrons. The van der Waals surface area contributed by atoms with Crippen LogP contribution < -0.4 is 4.90 Å². The van der Waals surface area contributed by atoms with Gasteiger partial charge in [0.25, 0.3) is 0 Å². The highest BCUT2D eigenvalue weighted by Gasteiger charge is 2.19. The third-order valence-electron chi connectivity index (χ3n) is 2.81. The molecule has 0 fully saturated rings. The highest BCUT2D eigenvalue weighted by molar-refractivity contribution is 5.62. The van der Waals surface area contributed by atoms with Crippen LogP contribution in [0.3, 0.4) is 0 Å². The van der Waals surface area contributed by atoms with Crippen LogP contribution in [0.25, 0.3) is 0 Å². The lowest BCUT2D eigenvalue weighted by Gasteiger charge is -2.28. The minimum Gasteiger partial charge on any atom is -0.310 e. The number of aromatic nitrogens is 2. The minimum atomic E-state index is 0.769. The predicted molar refractivity (Wildman–Crippen MR) is 62.6 cm³/mol. The molecule has 0 aliphatic carbocycles. The van der Waals surface area contributed by atoms with Crippen LogP contribution in [0.4, 0.5) is 11.6 Å². The van der Waals surface area contributed by atoms with Crippen LogP contribution in [0, 0.1) is 6.07 Å². The molecule has 0 bridgehead atoms. The number of hydrogen-bond donors (Lipinski definition) is 0. The van der Waals surface area contributed by atoms with Crippen molar-refractivity contribution in [3.8, 4) is 0 Å². The summed E-state index contributed by atoms with van der Waals surface area (Å²) >= 11 is 0.